The zero-order chi connectivity index (χ0) is 19.8. The van der Waals surface area contributed by atoms with Crippen LogP contribution in [-0.4, -0.2) is 66.1 Å². The number of hydrogen-bond donors (Lipinski definition) is 1. The highest BCUT2D eigenvalue weighted by atomic mass is 16.6. The third-order valence-electron chi connectivity index (χ3n) is 5.23. The molecule has 2 heterocycles. The summed E-state index contributed by atoms with van der Waals surface area (Å²) < 4.78 is 5.02. The predicted molar refractivity (Wildman–Crippen MR) is 108 cm³/mol. The summed E-state index contributed by atoms with van der Waals surface area (Å²) in [4.78, 5) is 32.2. The van der Waals surface area contributed by atoms with E-state index < -0.39 is 0 Å². The zero-order valence-electron chi connectivity index (χ0n) is 16.7. The summed E-state index contributed by atoms with van der Waals surface area (Å²) in [6.07, 6.45) is 9.77. The molecule has 0 radical (unpaired) electrons. The van der Waals surface area contributed by atoms with Crippen molar-refractivity contribution in [3.05, 3.63) is 35.7 Å². The van der Waals surface area contributed by atoms with Gasteiger partial charge in [0.05, 0.1) is 6.61 Å². The number of carbonyl (C=O) groups excluding carboxylic acids is 2. The van der Waals surface area contributed by atoms with Crippen LogP contribution in [0.1, 0.15) is 49.5 Å². The molecule has 1 aromatic heterocycles. The van der Waals surface area contributed by atoms with E-state index in [0.29, 0.717) is 38.5 Å². The van der Waals surface area contributed by atoms with E-state index in [-0.39, 0.29) is 12.0 Å². The Kier molecular flexibility index (Phi) is 7.28. The van der Waals surface area contributed by atoms with E-state index in [9.17, 15) is 9.59 Å². The first kappa shape index (κ1) is 20.2. The molecule has 1 N–H and O–H groups in total. The molecule has 2 aliphatic rings. The summed E-state index contributed by atoms with van der Waals surface area (Å²) in [6.45, 7) is 4.96. The molecule has 0 bridgehead atoms. The van der Waals surface area contributed by atoms with Gasteiger partial charge in [-0.3, -0.25) is 9.78 Å². The van der Waals surface area contributed by atoms with Crippen LogP contribution in [0.5, 0.6) is 0 Å². The highest BCUT2D eigenvalue weighted by Crippen LogP contribution is 2.20. The van der Waals surface area contributed by atoms with Crippen LogP contribution < -0.4 is 5.32 Å². The van der Waals surface area contributed by atoms with Gasteiger partial charge in [0.2, 0.25) is 0 Å². The number of amides is 2. The van der Waals surface area contributed by atoms with Gasteiger partial charge in [-0.1, -0.05) is 11.6 Å². The van der Waals surface area contributed by atoms with Crippen molar-refractivity contribution >= 4 is 17.7 Å². The first-order valence-corrected chi connectivity index (χ1v) is 10.3. The number of allylic oxidation sites excluding steroid dienone is 1. The minimum absolute atomic E-state index is 0.0952. The van der Waals surface area contributed by atoms with Gasteiger partial charge in [0.1, 0.15) is 5.69 Å². The smallest absolute Gasteiger partial charge is 0.409 e. The average molecular weight is 386 g/mol. The topological polar surface area (TPSA) is 74.8 Å². The number of nitrogens with zero attached hydrogens (tertiary/aromatic N) is 3. The molecule has 7 nitrogen and oxygen atoms in total. The maximum atomic E-state index is 12.8. The maximum Gasteiger partial charge on any atom is 0.409 e. The van der Waals surface area contributed by atoms with Gasteiger partial charge >= 0.3 is 6.09 Å². The number of aromatic nitrogens is 1. The molecule has 0 atom stereocenters. The normalized spacial score (nSPS) is 17.1. The summed E-state index contributed by atoms with van der Waals surface area (Å²) in [6, 6.07) is 3.71. The van der Waals surface area contributed by atoms with E-state index >= 15 is 0 Å². The van der Waals surface area contributed by atoms with Crippen LogP contribution in [0.15, 0.2) is 30.0 Å². The molecule has 0 unspecified atom stereocenters. The molecule has 0 saturated carbocycles. The van der Waals surface area contributed by atoms with Crippen molar-refractivity contribution in [1.29, 1.82) is 0 Å². The van der Waals surface area contributed by atoms with Crippen molar-refractivity contribution in [3.8, 4) is 0 Å². The number of piperazine rings is 1. The van der Waals surface area contributed by atoms with Gasteiger partial charge in [-0.25, -0.2) is 4.79 Å². The molecule has 2 amide bonds. The molecule has 1 fully saturated rings. The van der Waals surface area contributed by atoms with E-state index in [1.165, 1.54) is 31.3 Å². The average Bonchev–Trinajstić information content (AvgIpc) is 2.74. The highest BCUT2D eigenvalue weighted by Gasteiger charge is 2.26. The van der Waals surface area contributed by atoms with Crippen molar-refractivity contribution in [2.45, 2.75) is 39.0 Å². The molecule has 3 rings (SSSR count). The molecule has 1 aromatic rings. The lowest BCUT2D eigenvalue weighted by Gasteiger charge is -2.33. The third-order valence-corrected chi connectivity index (χ3v) is 5.23. The lowest BCUT2D eigenvalue weighted by Crippen LogP contribution is -2.50. The fraction of sp³-hybridized carbons (Fsp3) is 0.571. The number of anilines is 1. The van der Waals surface area contributed by atoms with E-state index in [1.54, 1.807) is 22.9 Å². The Morgan fingerprint density at radius 1 is 1.18 bits per heavy atom. The van der Waals surface area contributed by atoms with E-state index in [0.717, 1.165) is 18.7 Å². The first-order chi connectivity index (χ1) is 13.7. The van der Waals surface area contributed by atoms with Crippen LogP contribution >= 0.6 is 0 Å². The molecule has 0 aromatic carbocycles. The second-order valence-corrected chi connectivity index (χ2v) is 7.19. The number of pyridine rings is 1. The Bertz CT molecular complexity index is 711. The van der Waals surface area contributed by atoms with E-state index in [4.69, 9.17) is 4.74 Å². The fourth-order valence-corrected chi connectivity index (χ4v) is 3.63. The van der Waals surface area contributed by atoms with Crippen LogP contribution in [0.25, 0.3) is 0 Å². The third kappa shape index (κ3) is 5.47. The second kappa shape index (κ2) is 10.1. The zero-order valence-corrected chi connectivity index (χ0v) is 16.7. The maximum absolute atomic E-state index is 12.8. The van der Waals surface area contributed by atoms with Crippen LogP contribution in [-0.2, 0) is 4.74 Å². The van der Waals surface area contributed by atoms with E-state index in [2.05, 4.69) is 16.4 Å². The Hall–Kier alpha value is -2.57. The Labute approximate surface area is 166 Å². The number of rotatable bonds is 6. The summed E-state index contributed by atoms with van der Waals surface area (Å²) in [5, 5.41) is 3.41. The predicted octanol–water partition coefficient (Wildman–Crippen LogP) is 3.30. The van der Waals surface area contributed by atoms with Crippen molar-refractivity contribution < 1.29 is 14.3 Å². The lowest BCUT2D eigenvalue weighted by molar-refractivity contribution is 0.0566. The summed E-state index contributed by atoms with van der Waals surface area (Å²) >= 11 is 0. The van der Waals surface area contributed by atoms with Crippen LogP contribution in [0.3, 0.4) is 0 Å². The summed E-state index contributed by atoms with van der Waals surface area (Å²) in [7, 11) is 0. The van der Waals surface area contributed by atoms with Crippen LogP contribution in [0.2, 0.25) is 0 Å². The van der Waals surface area contributed by atoms with Crippen molar-refractivity contribution in [3.63, 3.8) is 0 Å². The van der Waals surface area contributed by atoms with Gasteiger partial charge in [-0.15, -0.1) is 0 Å². The van der Waals surface area contributed by atoms with Gasteiger partial charge < -0.3 is 19.9 Å². The molecule has 1 aliphatic carbocycles. The van der Waals surface area contributed by atoms with Gasteiger partial charge in [-0.2, -0.15) is 0 Å². The molecule has 1 saturated heterocycles. The monoisotopic (exact) mass is 386 g/mol. The van der Waals surface area contributed by atoms with Crippen LogP contribution in [0.4, 0.5) is 10.5 Å². The standard InChI is InChI=1S/C21H30N4O3/c1-2-28-21(27)25-14-12-24(13-15-25)20(26)19-16-18(9-11-23-19)22-10-8-17-6-4-3-5-7-17/h6,9,11,16H,2-5,7-8,10,12-15H2,1H3,(H,22,23). The van der Waals surface area contributed by atoms with Gasteiger partial charge in [-0.05, 0) is 51.2 Å². The van der Waals surface area contributed by atoms with Crippen molar-refractivity contribution in [1.82, 2.24) is 14.8 Å². The molecule has 1 aliphatic heterocycles. The van der Waals surface area contributed by atoms with Crippen molar-refractivity contribution in [2.24, 2.45) is 0 Å². The second-order valence-electron chi connectivity index (χ2n) is 7.19. The first-order valence-electron chi connectivity index (χ1n) is 10.3. The fourth-order valence-electron chi connectivity index (χ4n) is 3.63. The molecule has 28 heavy (non-hydrogen) atoms. The molecular formula is C21H30N4O3. The Morgan fingerprint density at radius 2 is 1.96 bits per heavy atom. The Morgan fingerprint density at radius 3 is 2.68 bits per heavy atom. The molecular weight excluding hydrogens is 356 g/mol. The molecule has 152 valence electrons. The number of ether oxygens (including phenoxy) is 1. The molecule has 7 heteroatoms. The van der Waals surface area contributed by atoms with Crippen LogP contribution in [0, 0.1) is 0 Å². The van der Waals surface area contributed by atoms with Gasteiger partial charge in [0, 0.05) is 44.6 Å². The largest absolute Gasteiger partial charge is 0.450 e. The summed E-state index contributed by atoms with van der Waals surface area (Å²) in [5.74, 6) is -0.0952. The quantitative estimate of drug-likeness (QED) is 0.760. The number of carbonyl (C=O) groups is 2. The minimum Gasteiger partial charge on any atom is -0.450 e. The molecule has 0 spiro atoms. The number of hydrogen-bond acceptors (Lipinski definition) is 5. The lowest BCUT2D eigenvalue weighted by atomic mass is 9.97. The van der Waals surface area contributed by atoms with E-state index in [1.807, 2.05) is 12.1 Å². The van der Waals surface area contributed by atoms with Gasteiger partial charge in [0.25, 0.3) is 5.91 Å². The number of nitrogens with one attached hydrogen (secondary N) is 1. The Balaban J connectivity index is 1.50. The summed E-state index contributed by atoms with van der Waals surface area (Å²) in [5.41, 5.74) is 2.88. The highest BCUT2D eigenvalue weighted by molar-refractivity contribution is 5.93. The minimum atomic E-state index is -0.313. The van der Waals surface area contributed by atoms with Gasteiger partial charge in [0.15, 0.2) is 0 Å². The van der Waals surface area contributed by atoms with Crippen molar-refractivity contribution in [2.75, 3.05) is 44.6 Å². The SMILES string of the molecule is CCOC(=O)N1CCN(C(=O)c2cc(NCCC3=CCCCC3)ccn2)CC1.